The van der Waals surface area contributed by atoms with E-state index < -0.39 is 16.3 Å². The van der Waals surface area contributed by atoms with Gasteiger partial charge in [0.2, 0.25) is 0 Å². The maximum absolute atomic E-state index is 11.8. The molecule has 0 aliphatic heterocycles. The van der Waals surface area contributed by atoms with Crippen LogP contribution in [-0.4, -0.2) is 16.0 Å². The van der Waals surface area contributed by atoms with Gasteiger partial charge in [-0.2, -0.15) is 0 Å². The van der Waals surface area contributed by atoms with Crippen LogP contribution in [0.25, 0.3) is 0 Å². The van der Waals surface area contributed by atoms with Crippen LogP contribution in [0.1, 0.15) is 24.0 Å². The first-order valence-electron chi connectivity index (χ1n) is 6.65. The first kappa shape index (κ1) is 14.6. The topological polar surface area (TPSA) is 37.3 Å². The summed E-state index contributed by atoms with van der Waals surface area (Å²) in [4.78, 5) is 10.5. The van der Waals surface area contributed by atoms with E-state index in [-0.39, 0.29) is 5.92 Å². The Morgan fingerprint density at radius 1 is 1.14 bits per heavy atom. The van der Waals surface area contributed by atoms with Gasteiger partial charge in [-0.15, -0.1) is 11.6 Å². The molecule has 2 aromatic rings. The molecule has 1 aliphatic rings. The maximum Gasteiger partial charge on any atom is 0.326 e. The van der Waals surface area contributed by atoms with Gasteiger partial charge in [0.25, 0.3) is 0 Å². The zero-order valence-corrected chi connectivity index (χ0v) is 13.7. The van der Waals surface area contributed by atoms with Crippen LogP contribution in [0.3, 0.4) is 0 Å². The van der Waals surface area contributed by atoms with Gasteiger partial charge in [-0.3, -0.25) is 4.79 Å². The predicted molar refractivity (Wildman–Crippen MR) is 86.9 cm³/mol. The molecule has 108 valence electrons. The van der Waals surface area contributed by atoms with Crippen molar-refractivity contribution in [2.24, 2.45) is 0 Å². The SMILES string of the molecule is C[C@@]1(c2ccc(Br)cc2)[C@H](c2ccccc2)[C@@]1(Cl)C(=O)O. The van der Waals surface area contributed by atoms with Gasteiger partial charge in [-0.05, 0) is 23.3 Å². The van der Waals surface area contributed by atoms with Crippen LogP contribution in [0.2, 0.25) is 0 Å². The number of alkyl halides is 1. The molecule has 1 aliphatic carbocycles. The molecule has 0 heterocycles. The molecule has 4 heteroatoms. The number of hydrogen-bond acceptors (Lipinski definition) is 1. The summed E-state index contributed by atoms with van der Waals surface area (Å²) in [6, 6.07) is 17.3. The highest BCUT2D eigenvalue weighted by atomic mass is 79.9. The Kier molecular flexibility index (Phi) is 3.38. The summed E-state index contributed by atoms with van der Waals surface area (Å²) < 4.78 is 0.960. The average molecular weight is 366 g/mol. The van der Waals surface area contributed by atoms with E-state index in [1.54, 1.807) is 0 Å². The Morgan fingerprint density at radius 2 is 1.71 bits per heavy atom. The van der Waals surface area contributed by atoms with Crippen LogP contribution >= 0.6 is 27.5 Å². The molecule has 2 aromatic carbocycles. The molecule has 0 spiro atoms. The monoisotopic (exact) mass is 364 g/mol. The number of hydrogen-bond donors (Lipinski definition) is 1. The number of carboxylic acids is 1. The second kappa shape index (κ2) is 4.85. The predicted octanol–water partition coefficient (Wildman–Crippen LogP) is 4.57. The summed E-state index contributed by atoms with van der Waals surface area (Å²) in [5, 5.41) is 9.65. The van der Waals surface area contributed by atoms with Crippen molar-refractivity contribution >= 4 is 33.5 Å². The molecule has 3 rings (SSSR count). The lowest BCUT2D eigenvalue weighted by atomic mass is 9.92. The number of aliphatic carboxylic acids is 1. The Labute approximate surface area is 136 Å². The molecular weight excluding hydrogens is 352 g/mol. The zero-order chi connectivity index (χ0) is 15.3. The summed E-state index contributed by atoms with van der Waals surface area (Å²) >= 11 is 9.95. The highest BCUT2D eigenvalue weighted by Crippen LogP contribution is 2.72. The van der Waals surface area contributed by atoms with Crippen molar-refractivity contribution in [2.75, 3.05) is 0 Å². The van der Waals surface area contributed by atoms with E-state index in [9.17, 15) is 9.90 Å². The molecular formula is C17H14BrClO2. The van der Waals surface area contributed by atoms with E-state index in [0.29, 0.717) is 0 Å². The fourth-order valence-electron chi connectivity index (χ4n) is 3.30. The van der Waals surface area contributed by atoms with Gasteiger partial charge in [0.1, 0.15) is 0 Å². The molecule has 0 bridgehead atoms. The standard InChI is InChI=1S/C17H14BrClO2/c1-16(12-7-9-13(18)10-8-12)14(17(16,19)15(20)21)11-5-3-2-4-6-11/h2-10,14H,1H3,(H,20,21)/t14-,16+,17+/m0/s1. The van der Waals surface area contributed by atoms with Crippen molar-refractivity contribution in [1.82, 2.24) is 0 Å². The average Bonchev–Trinajstić information content (AvgIpc) is 3.00. The zero-order valence-electron chi connectivity index (χ0n) is 11.4. The summed E-state index contributed by atoms with van der Waals surface area (Å²) in [5.41, 5.74) is 1.28. The van der Waals surface area contributed by atoms with Crippen molar-refractivity contribution < 1.29 is 9.90 Å². The van der Waals surface area contributed by atoms with Crippen molar-refractivity contribution in [2.45, 2.75) is 23.1 Å². The first-order chi connectivity index (χ1) is 9.92. The van der Waals surface area contributed by atoms with Gasteiger partial charge in [0, 0.05) is 15.8 Å². The second-order valence-electron chi connectivity index (χ2n) is 5.57. The van der Waals surface area contributed by atoms with E-state index >= 15 is 0 Å². The van der Waals surface area contributed by atoms with Crippen LogP contribution < -0.4 is 0 Å². The molecule has 21 heavy (non-hydrogen) atoms. The number of carboxylic acid groups (broad SMARTS) is 1. The van der Waals surface area contributed by atoms with E-state index in [0.717, 1.165) is 15.6 Å². The summed E-state index contributed by atoms with van der Waals surface area (Å²) in [5.74, 6) is -1.21. The quantitative estimate of drug-likeness (QED) is 0.809. The van der Waals surface area contributed by atoms with Crippen LogP contribution in [0.5, 0.6) is 0 Å². The Hall–Kier alpha value is -1.32. The highest BCUT2D eigenvalue weighted by Gasteiger charge is 2.79. The normalized spacial score (nSPS) is 30.9. The molecule has 0 saturated heterocycles. The van der Waals surface area contributed by atoms with Gasteiger partial charge >= 0.3 is 5.97 Å². The van der Waals surface area contributed by atoms with Crippen molar-refractivity contribution in [3.63, 3.8) is 0 Å². The minimum atomic E-state index is -1.30. The van der Waals surface area contributed by atoms with E-state index in [4.69, 9.17) is 11.6 Å². The Morgan fingerprint density at radius 3 is 2.24 bits per heavy atom. The van der Waals surface area contributed by atoms with Crippen molar-refractivity contribution in [3.05, 3.63) is 70.2 Å². The Bertz CT molecular complexity index is 686. The molecule has 2 nitrogen and oxygen atoms in total. The van der Waals surface area contributed by atoms with Crippen molar-refractivity contribution in [1.29, 1.82) is 0 Å². The molecule has 0 radical (unpaired) electrons. The summed E-state index contributed by atoms with van der Waals surface area (Å²) in [7, 11) is 0. The van der Waals surface area contributed by atoms with Crippen LogP contribution in [-0.2, 0) is 10.2 Å². The third kappa shape index (κ3) is 1.95. The smallest absolute Gasteiger partial charge is 0.326 e. The van der Waals surface area contributed by atoms with Crippen molar-refractivity contribution in [3.8, 4) is 0 Å². The number of carbonyl (C=O) groups is 1. The maximum atomic E-state index is 11.8. The molecule has 1 N–H and O–H groups in total. The fourth-order valence-corrected chi connectivity index (χ4v) is 4.07. The number of benzene rings is 2. The number of rotatable bonds is 3. The molecule has 0 aromatic heterocycles. The Balaban J connectivity index is 2.11. The van der Waals surface area contributed by atoms with E-state index in [1.165, 1.54) is 0 Å². The van der Waals surface area contributed by atoms with Crippen LogP contribution in [0.4, 0.5) is 0 Å². The lowest BCUT2D eigenvalue weighted by Crippen LogP contribution is -2.25. The highest BCUT2D eigenvalue weighted by molar-refractivity contribution is 9.10. The fraction of sp³-hybridized carbons (Fsp3) is 0.235. The van der Waals surface area contributed by atoms with E-state index in [1.807, 2.05) is 61.5 Å². The lowest BCUT2D eigenvalue weighted by Gasteiger charge is -2.14. The molecule has 0 amide bonds. The molecule has 3 atom stereocenters. The van der Waals surface area contributed by atoms with Gasteiger partial charge in [0.05, 0.1) is 0 Å². The lowest BCUT2D eigenvalue weighted by molar-refractivity contribution is -0.138. The third-order valence-corrected chi connectivity index (χ3v) is 5.84. The largest absolute Gasteiger partial charge is 0.480 e. The molecule has 1 fully saturated rings. The molecule has 1 saturated carbocycles. The van der Waals surface area contributed by atoms with Gasteiger partial charge in [-0.1, -0.05) is 65.3 Å². The van der Waals surface area contributed by atoms with Gasteiger partial charge in [0.15, 0.2) is 4.87 Å². The second-order valence-corrected chi connectivity index (χ2v) is 7.08. The van der Waals surface area contributed by atoms with E-state index in [2.05, 4.69) is 15.9 Å². The molecule has 0 unspecified atom stereocenters. The minimum Gasteiger partial charge on any atom is -0.480 e. The van der Waals surface area contributed by atoms with Gasteiger partial charge in [-0.25, -0.2) is 0 Å². The summed E-state index contributed by atoms with van der Waals surface area (Å²) in [6.07, 6.45) is 0. The summed E-state index contributed by atoms with van der Waals surface area (Å²) in [6.45, 7) is 1.93. The van der Waals surface area contributed by atoms with Crippen LogP contribution in [0, 0.1) is 0 Å². The van der Waals surface area contributed by atoms with Gasteiger partial charge < -0.3 is 5.11 Å². The number of halogens is 2. The first-order valence-corrected chi connectivity index (χ1v) is 7.82. The minimum absolute atomic E-state index is 0.244. The third-order valence-electron chi connectivity index (χ3n) is 4.54. The van der Waals surface area contributed by atoms with Crippen LogP contribution in [0.15, 0.2) is 59.1 Å².